The maximum absolute atomic E-state index is 11.8. The fourth-order valence-corrected chi connectivity index (χ4v) is 1.72. The summed E-state index contributed by atoms with van der Waals surface area (Å²) in [6, 6.07) is 5.09. The lowest BCUT2D eigenvalue weighted by atomic mass is 10.3. The van der Waals surface area contributed by atoms with Crippen molar-refractivity contribution in [1.29, 1.82) is 0 Å². The molecule has 18 heavy (non-hydrogen) atoms. The highest BCUT2D eigenvalue weighted by atomic mass is 79.9. The fraction of sp³-hybridized carbons (Fsp3) is 0. The number of hydrogen-bond acceptors (Lipinski definition) is 3. The summed E-state index contributed by atoms with van der Waals surface area (Å²) in [7, 11) is 0. The summed E-state index contributed by atoms with van der Waals surface area (Å²) in [5.74, 6) is -0.377. The Labute approximate surface area is 121 Å². The molecule has 0 saturated heterocycles. The van der Waals surface area contributed by atoms with Gasteiger partial charge in [0.15, 0.2) is 0 Å². The van der Waals surface area contributed by atoms with Crippen LogP contribution in [-0.2, 0) is 0 Å². The number of amides is 1. The third-order valence-electron chi connectivity index (χ3n) is 2.03. The Hall–Kier alpha value is -1.17. The summed E-state index contributed by atoms with van der Waals surface area (Å²) in [6.45, 7) is 0. The molecule has 1 aromatic carbocycles. The molecule has 0 atom stereocenters. The second-order valence-corrected chi connectivity index (χ2v) is 4.96. The minimum atomic E-state index is -0.377. The van der Waals surface area contributed by atoms with E-state index in [0.29, 0.717) is 10.7 Å². The van der Waals surface area contributed by atoms with Crippen LogP contribution in [0, 0.1) is 0 Å². The Balaban J connectivity index is 2.16. The van der Waals surface area contributed by atoms with E-state index < -0.39 is 0 Å². The number of carbonyl (C=O) groups excluding carboxylic acids is 1. The molecule has 0 spiro atoms. The number of aromatic nitrogens is 2. The standard InChI is InChI=1S/C11H6BrCl2N3O/c12-7-2-1-6(3-8(7)13)17-11(18)9-4-16-10(14)5-15-9/h1-5H,(H,17,18). The molecule has 0 unspecified atom stereocenters. The minimum Gasteiger partial charge on any atom is -0.321 e. The van der Waals surface area contributed by atoms with E-state index in [-0.39, 0.29) is 16.8 Å². The highest BCUT2D eigenvalue weighted by Crippen LogP contribution is 2.25. The lowest BCUT2D eigenvalue weighted by Gasteiger charge is -2.05. The van der Waals surface area contributed by atoms with Crippen molar-refractivity contribution in [3.63, 3.8) is 0 Å². The lowest BCUT2D eigenvalue weighted by Crippen LogP contribution is -2.13. The molecule has 2 aromatic rings. The summed E-state index contributed by atoms with van der Waals surface area (Å²) in [4.78, 5) is 19.5. The molecule has 92 valence electrons. The van der Waals surface area contributed by atoms with Crippen LogP contribution < -0.4 is 5.32 Å². The molecule has 1 amide bonds. The van der Waals surface area contributed by atoms with Crippen LogP contribution in [0.4, 0.5) is 5.69 Å². The smallest absolute Gasteiger partial charge is 0.275 e. The lowest BCUT2D eigenvalue weighted by molar-refractivity contribution is 0.102. The number of carbonyl (C=O) groups is 1. The first-order chi connectivity index (χ1) is 8.56. The van der Waals surface area contributed by atoms with Gasteiger partial charge in [-0.15, -0.1) is 0 Å². The monoisotopic (exact) mass is 345 g/mol. The van der Waals surface area contributed by atoms with E-state index in [1.807, 2.05) is 0 Å². The average Bonchev–Trinajstić information content (AvgIpc) is 2.34. The van der Waals surface area contributed by atoms with Gasteiger partial charge < -0.3 is 5.32 Å². The normalized spacial score (nSPS) is 10.2. The van der Waals surface area contributed by atoms with Gasteiger partial charge in [-0.3, -0.25) is 4.79 Å². The SMILES string of the molecule is O=C(Nc1ccc(Br)c(Cl)c1)c1cnc(Cl)cn1. The fourth-order valence-electron chi connectivity index (χ4n) is 1.20. The van der Waals surface area contributed by atoms with Gasteiger partial charge in [0.1, 0.15) is 10.8 Å². The van der Waals surface area contributed by atoms with Crippen LogP contribution in [0.3, 0.4) is 0 Å². The van der Waals surface area contributed by atoms with Crippen molar-refractivity contribution >= 4 is 50.7 Å². The molecular formula is C11H6BrCl2N3O. The number of halogens is 3. The average molecular weight is 347 g/mol. The zero-order valence-electron chi connectivity index (χ0n) is 8.82. The van der Waals surface area contributed by atoms with Crippen LogP contribution in [0.2, 0.25) is 10.2 Å². The zero-order chi connectivity index (χ0) is 13.1. The molecule has 2 rings (SSSR count). The van der Waals surface area contributed by atoms with Gasteiger partial charge in [0.2, 0.25) is 0 Å². The summed E-state index contributed by atoms with van der Waals surface area (Å²) in [5.41, 5.74) is 0.753. The Morgan fingerprint density at radius 1 is 1.22 bits per heavy atom. The molecule has 0 radical (unpaired) electrons. The number of anilines is 1. The Morgan fingerprint density at radius 3 is 2.61 bits per heavy atom. The van der Waals surface area contributed by atoms with E-state index in [9.17, 15) is 4.79 Å². The van der Waals surface area contributed by atoms with Gasteiger partial charge in [0.25, 0.3) is 5.91 Å². The first kappa shape index (κ1) is 13.3. The van der Waals surface area contributed by atoms with Crippen LogP contribution in [0.25, 0.3) is 0 Å². The molecular weight excluding hydrogens is 341 g/mol. The van der Waals surface area contributed by atoms with Crippen LogP contribution in [-0.4, -0.2) is 15.9 Å². The number of benzene rings is 1. The van der Waals surface area contributed by atoms with Crippen molar-refractivity contribution < 1.29 is 4.79 Å². The summed E-state index contributed by atoms with van der Waals surface area (Å²) in [6.07, 6.45) is 2.61. The molecule has 0 aliphatic rings. The molecule has 4 nitrogen and oxygen atoms in total. The topological polar surface area (TPSA) is 54.9 Å². The van der Waals surface area contributed by atoms with E-state index in [4.69, 9.17) is 23.2 Å². The van der Waals surface area contributed by atoms with Crippen molar-refractivity contribution in [3.05, 3.63) is 50.9 Å². The summed E-state index contributed by atoms with van der Waals surface area (Å²) in [5, 5.41) is 3.40. The Kier molecular flexibility index (Phi) is 4.16. The van der Waals surface area contributed by atoms with Gasteiger partial charge in [-0.2, -0.15) is 0 Å². The summed E-state index contributed by atoms with van der Waals surface area (Å²) >= 11 is 14.8. The maximum Gasteiger partial charge on any atom is 0.275 e. The molecule has 7 heteroatoms. The highest BCUT2D eigenvalue weighted by molar-refractivity contribution is 9.10. The van der Waals surface area contributed by atoms with E-state index >= 15 is 0 Å². The molecule has 0 saturated carbocycles. The van der Waals surface area contributed by atoms with Crippen LogP contribution >= 0.6 is 39.1 Å². The van der Waals surface area contributed by atoms with E-state index in [1.54, 1.807) is 18.2 Å². The van der Waals surface area contributed by atoms with Crippen molar-refractivity contribution in [2.45, 2.75) is 0 Å². The Morgan fingerprint density at radius 2 is 2.00 bits per heavy atom. The Bertz CT molecular complexity index is 589. The van der Waals surface area contributed by atoms with Crippen molar-refractivity contribution in [2.24, 2.45) is 0 Å². The molecule has 1 aromatic heterocycles. The third kappa shape index (κ3) is 3.19. The predicted octanol–water partition coefficient (Wildman–Crippen LogP) is 3.80. The van der Waals surface area contributed by atoms with Gasteiger partial charge in [0, 0.05) is 10.2 Å². The van der Waals surface area contributed by atoms with Gasteiger partial charge >= 0.3 is 0 Å². The van der Waals surface area contributed by atoms with Crippen LogP contribution in [0.15, 0.2) is 35.1 Å². The first-order valence-corrected chi connectivity index (χ1v) is 6.35. The number of nitrogens with zero attached hydrogens (tertiary/aromatic N) is 2. The van der Waals surface area contributed by atoms with Gasteiger partial charge in [-0.05, 0) is 34.1 Å². The molecule has 0 aliphatic heterocycles. The molecule has 0 fully saturated rings. The molecule has 1 heterocycles. The largest absolute Gasteiger partial charge is 0.321 e. The van der Waals surface area contributed by atoms with Crippen molar-refractivity contribution in [2.75, 3.05) is 5.32 Å². The molecule has 1 N–H and O–H groups in total. The van der Waals surface area contributed by atoms with Gasteiger partial charge in [0.05, 0.1) is 17.4 Å². The maximum atomic E-state index is 11.8. The number of hydrogen-bond donors (Lipinski definition) is 1. The van der Waals surface area contributed by atoms with Gasteiger partial charge in [-0.25, -0.2) is 9.97 Å². The number of nitrogens with one attached hydrogen (secondary N) is 1. The van der Waals surface area contributed by atoms with E-state index in [0.717, 1.165) is 4.47 Å². The quantitative estimate of drug-likeness (QED) is 0.899. The first-order valence-electron chi connectivity index (χ1n) is 4.80. The van der Waals surface area contributed by atoms with Crippen LogP contribution in [0.5, 0.6) is 0 Å². The highest BCUT2D eigenvalue weighted by Gasteiger charge is 2.09. The summed E-state index contributed by atoms with van der Waals surface area (Å²) < 4.78 is 0.758. The molecule has 0 aliphatic carbocycles. The third-order valence-corrected chi connectivity index (χ3v) is 3.46. The van der Waals surface area contributed by atoms with Crippen molar-refractivity contribution in [3.8, 4) is 0 Å². The second kappa shape index (κ2) is 5.65. The minimum absolute atomic E-state index is 0.179. The second-order valence-electron chi connectivity index (χ2n) is 3.31. The van der Waals surface area contributed by atoms with Crippen molar-refractivity contribution in [1.82, 2.24) is 9.97 Å². The van der Waals surface area contributed by atoms with Crippen LogP contribution in [0.1, 0.15) is 10.5 Å². The van der Waals surface area contributed by atoms with E-state index in [2.05, 4.69) is 31.2 Å². The zero-order valence-corrected chi connectivity index (χ0v) is 11.9. The predicted molar refractivity (Wildman–Crippen MR) is 74.1 cm³/mol. The van der Waals surface area contributed by atoms with Gasteiger partial charge in [-0.1, -0.05) is 23.2 Å². The molecule has 0 bridgehead atoms. The number of rotatable bonds is 2. The van der Waals surface area contributed by atoms with E-state index in [1.165, 1.54) is 12.4 Å².